The molecule has 0 heterocycles. The first kappa shape index (κ1) is 10.5. The van der Waals surface area contributed by atoms with Gasteiger partial charge < -0.3 is 19.3 Å². The van der Waals surface area contributed by atoms with Crippen molar-refractivity contribution in [3.63, 3.8) is 0 Å². The minimum Gasteiger partial charge on any atom is -0.471 e. The Morgan fingerprint density at radius 1 is 1.42 bits per heavy atom. The van der Waals surface area contributed by atoms with Crippen LogP contribution >= 0.6 is 7.60 Å². The smallest absolute Gasteiger partial charge is 0.471 e. The summed E-state index contributed by atoms with van der Waals surface area (Å²) in [5, 5.41) is 16.1. The van der Waals surface area contributed by atoms with Crippen LogP contribution in [-0.2, 0) is 13.6 Å². The lowest BCUT2D eigenvalue weighted by Crippen LogP contribution is -2.05. The average Bonchev–Trinajstić information content (AvgIpc) is 1.85. The maximum atomic E-state index is 10.8. The molecule has 0 aromatic rings. The van der Waals surface area contributed by atoms with Crippen molar-refractivity contribution in [3.8, 4) is 0 Å². The van der Waals surface area contributed by atoms with Crippen molar-refractivity contribution in [1.82, 2.24) is 0 Å². The quantitative estimate of drug-likeness (QED) is 0.519. The van der Waals surface area contributed by atoms with Gasteiger partial charge in [-0.25, -0.2) is 14.2 Å². The highest BCUT2D eigenvalue weighted by atomic mass is 31.2. The van der Waals surface area contributed by atoms with Gasteiger partial charge in [-0.3, -0.25) is 0 Å². The highest BCUT2D eigenvalue weighted by Gasteiger charge is 2.39. The minimum absolute atomic E-state index is 0.526. The van der Waals surface area contributed by atoms with Gasteiger partial charge in [0, 0.05) is 0 Å². The Morgan fingerprint density at radius 2 is 1.92 bits per heavy atom. The summed E-state index contributed by atoms with van der Waals surface area (Å²) >= 11 is 0. The van der Waals surface area contributed by atoms with E-state index in [1.807, 2.05) is 0 Å². The summed E-state index contributed by atoms with van der Waals surface area (Å²) in [5.41, 5.74) is -2.00. The molecule has 0 aliphatic carbocycles. The van der Waals surface area contributed by atoms with E-state index in [2.05, 4.69) is 15.6 Å². The van der Waals surface area contributed by atoms with Crippen molar-refractivity contribution >= 4 is 19.5 Å². The Morgan fingerprint density at radius 3 is 2.17 bits per heavy atom. The molecule has 12 heavy (non-hydrogen) atoms. The fourth-order valence-corrected chi connectivity index (χ4v) is 0.920. The second-order valence-corrected chi connectivity index (χ2v) is 3.18. The van der Waals surface area contributed by atoms with E-state index in [1.54, 1.807) is 0 Å². The van der Waals surface area contributed by atoms with Crippen LogP contribution in [0.2, 0.25) is 0 Å². The summed E-state index contributed by atoms with van der Waals surface area (Å²) in [6.07, 6.45) is -1.47. The third kappa shape index (κ3) is 2.63. The van der Waals surface area contributed by atoms with Crippen LogP contribution in [0.15, 0.2) is 12.8 Å². The summed E-state index contributed by atoms with van der Waals surface area (Å²) in [4.78, 5) is 19.9. The Balaban J connectivity index is 4.62. The van der Waals surface area contributed by atoms with Crippen molar-refractivity contribution in [2.45, 2.75) is 0 Å². The van der Waals surface area contributed by atoms with Gasteiger partial charge in [0.05, 0.1) is 6.26 Å². The maximum absolute atomic E-state index is 10.8. The molecule has 1 atom stereocenters. The second-order valence-electron chi connectivity index (χ2n) is 1.41. The van der Waals surface area contributed by atoms with Crippen LogP contribution in [0.5, 0.6) is 0 Å². The van der Waals surface area contributed by atoms with Crippen LogP contribution in [0.4, 0.5) is 9.59 Å². The molecule has 0 amide bonds. The van der Waals surface area contributed by atoms with Crippen molar-refractivity contribution in [1.29, 1.82) is 0 Å². The predicted octanol–water partition coefficient (Wildman–Crippen LogP) is 1.71. The Bertz CT molecular complexity index is 256. The van der Waals surface area contributed by atoms with E-state index in [9.17, 15) is 14.2 Å². The van der Waals surface area contributed by atoms with Gasteiger partial charge in [-0.2, -0.15) is 0 Å². The molecule has 0 radical (unpaired) electrons. The molecule has 0 aromatic heterocycles. The third-order valence-electron chi connectivity index (χ3n) is 0.646. The summed E-state index contributed by atoms with van der Waals surface area (Å²) in [5.74, 6) is 0. The average molecular weight is 196 g/mol. The van der Waals surface area contributed by atoms with Gasteiger partial charge in [-0.15, -0.1) is 0 Å². The van der Waals surface area contributed by atoms with Crippen molar-refractivity contribution in [2.24, 2.45) is 0 Å². The molecule has 0 aliphatic rings. The Kier molecular flexibility index (Phi) is 3.30. The number of carbonyl (C=O) groups is 2. The van der Waals surface area contributed by atoms with Crippen LogP contribution in [0.3, 0.4) is 0 Å². The lowest BCUT2D eigenvalue weighted by molar-refractivity contribution is 0.134. The zero-order chi connectivity index (χ0) is 9.78. The summed E-state index contributed by atoms with van der Waals surface area (Å²) in [6, 6.07) is 0. The summed E-state index contributed by atoms with van der Waals surface area (Å²) in [7, 11) is -4.65. The number of hydrogen-bond donors (Lipinski definition) is 2. The van der Waals surface area contributed by atoms with Gasteiger partial charge in [-0.1, -0.05) is 6.58 Å². The molecule has 0 saturated carbocycles. The molecule has 0 spiro atoms. The molecule has 8 heteroatoms. The lowest BCUT2D eigenvalue weighted by atomic mass is 11.2. The molecular formula is C4H5O7P. The zero-order valence-electron chi connectivity index (χ0n) is 5.67. The Hall–Kier alpha value is -1.49. The van der Waals surface area contributed by atoms with Crippen LogP contribution in [-0.4, -0.2) is 22.1 Å². The van der Waals surface area contributed by atoms with Crippen molar-refractivity contribution in [2.75, 3.05) is 0 Å². The monoisotopic (exact) mass is 196 g/mol. The predicted molar refractivity (Wildman–Crippen MR) is 36.0 cm³/mol. The first-order valence-electron chi connectivity index (χ1n) is 2.47. The van der Waals surface area contributed by atoms with E-state index >= 15 is 0 Å². The zero-order valence-corrected chi connectivity index (χ0v) is 6.56. The van der Waals surface area contributed by atoms with E-state index in [1.165, 1.54) is 0 Å². The molecule has 1 unspecified atom stereocenters. The van der Waals surface area contributed by atoms with Gasteiger partial charge in [-0.05, 0) is 0 Å². The third-order valence-corrected chi connectivity index (χ3v) is 1.94. The van der Waals surface area contributed by atoms with Gasteiger partial charge >= 0.3 is 19.5 Å². The minimum atomic E-state index is -4.65. The van der Waals surface area contributed by atoms with E-state index in [-0.39, 0.29) is 0 Å². The van der Waals surface area contributed by atoms with E-state index in [4.69, 9.17) is 10.2 Å². The van der Waals surface area contributed by atoms with Gasteiger partial charge in [0.2, 0.25) is 0 Å². The molecule has 68 valence electrons. The molecule has 2 N–H and O–H groups in total. The molecule has 0 aromatic carbocycles. The molecule has 0 rings (SSSR count). The Labute approximate surface area is 66.7 Å². The molecule has 7 nitrogen and oxygen atoms in total. The molecular weight excluding hydrogens is 191 g/mol. The largest absolute Gasteiger partial charge is 0.544 e. The van der Waals surface area contributed by atoms with Crippen molar-refractivity contribution < 1.29 is 33.4 Å². The number of hydrogen-bond acceptors (Lipinski definition) is 5. The first-order chi connectivity index (χ1) is 5.42. The van der Waals surface area contributed by atoms with Crippen LogP contribution in [0.25, 0.3) is 0 Å². The van der Waals surface area contributed by atoms with E-state index < -0.39 is 19.5 Å². The van der Waals surface area contributed by atoms with E-state index in [0.717, 1.165) is 0 Å². The summed E-state index contributed by atoms with van der Waals surface area (Å²) < 4.78 is 18.3. The maximum Gasteiger partial charge on any atom is 0.544 e. The van der Waals surface area contributed by atoms with E-state index in [0.29, 0.717) is 6.26 Å². The SMILES string of the molecule is C=COP(=O)(OC(=O)O)C(=O)O. The highest BCUT2D eigenvalue weighted by Crippen LogP contribution is 2.48. The van der Waals surface area contributed by atoms with Gasteiger partial charge in [0.15, 0.2) is 0 Å². The van der Waals surface area contributed by atoms with Crippen molar-refractivity contribution in [3.05, 3.63) is 12.8 Å². The number of carboxylic acid groups (broad SMARTS) is 2. The lowest BCUT2D eigenvalue weighted by Gasteiger charge is -2.08. The van der Waals surface area contributed by atoms with Crippen LogP contribution < -0.4 is 0 Å². The summed E-state index contributed by atoms with van der Waals surface area (Å²) in [6.45, 7) is 2.90. The van der Waals surface area contributed by atoms with Crippen LogP contribution in [0.1, 0.15) is 0 Å². The highest BCUT2D eigenvalue weighted by molar-refractivity contribution is 7.71. The topological polar surface area (TPSA) is 110 Å². The second kappa shape index (κ2) is 3.77. The standard InChI is InChI=1S/C4H5O7P/c1-2-10-12(9,4(7)8)11-3(5)6/h2H,1H2,(H,5,6)(H,7,8). The number of rotatable bonds is 4. The fraction of sp³-hybridized carbons (Fsp3) is 0. The molecule has 0 fully saturated rings. The molecule has 0 saturated heterocycles. The fourth-order valence-electron chi connectivity index (χ4n) is 0.307. The first-order valence-corrected chi connectivity index (χ1v) is 4.02. The van der Waals surface area contributed by atoms with Crippen LogP contribution in [0, 0.1) is 0 Å². The van der Waals surface area contributed by atoms with Gasteiger partial charge in [0.1, 0.15) is 0 Å². The normalized spacial score (nSPS) is 14.0. The van der Waals surface area contributed by atoms with Gasteiger partial charge in [0.25, 0.3) is 0 Å². The molecule has 0 aliphatic heterocycles. The molecule has 0 bridgehead atoms.